The Hall–Kier alpha value is -0.840. The highest BCUT2D eigenvalue weighted by Crippen LogP contribution is 2.22. The van der Waals surface area contributed by atoms with Gasteiger partial charge in [-0.25, -0.2) is 0 Å². The van der Waals surface area contributed by atoms with E-state index >= 15 is 0 Å². The number of benzene rings is 1. The minimum atomic E-state index is 0.728. The minimum Gasteiger partial charge on any atom is -0.329 e. The van der Waals surface area contributed by atoms with Gasteiger partial charge in [0.05, 0.1) is 16.1 Å². The SMILES string of the molecule is CCN(CC)CCCn1c(=S)[nH]c2c(Cl)cccc21. The molecule has 0 spiro atoms. The van der Waals surface area contributed by atoms with E-state index < -0.39 is 0 Å². The predicted molar refractivity (Wildman–Crippen MR) is 84.5 cm³/mol. The summed E-state index contributed by atoms with van der Waals surface area (Å²) in [4.78, 5) is 5.62. The lowest BCUT2D eigenvalue weighted by Gasteiger charge is -2.17. The molecule has 0 aliphatic carbocycles. The average Bonchev–Trinajstić information content (AvgIpc) is 2.73. The smallest absolute Gasteiger partial charge is 0.178 e. The van der Waals surface area contributed by atoms with Crippen molar-refractivity contribution in [1.29, 1.82) is 0 Å². The number of nitrogens with zero attached hydrogens (tertiary/aromatic N) is 2. The van der Waals surface area contributed by atoms with Crippen molar-refractivity contribution in [1.82, 2.24) is 14.5 Å². The Morgan fingerprint density at radius 3 is 2.74 bits per heavy atom. The Labute approximate surface area is 124 Å². The van der Waals surface area contributed by atoms with E-state index in [1.165, 1.54) is 0 Å². The molecule has 0 bridgehead atoms. The van der Waals surface area contributed by atoms with E-state index in [9.17, 15) is 0 Å². The molecular weight excluding hydrogens is 278 g/mol. The second-order valence-electron chi connectivity index (χ2n) is 4.60. The number of rotatable bonds is 6. The fourth-order valence-electron chi connectivity index (χ4n) is 2.36. The fraction of sp³-hybridized carbons (Fsp3) is 0.500. The van der Waals surface area contributed by atoms with E-state index in [4.69, 9.17) is 23.8 Å². The summed E-state index contributed by atoms with van der Waals surface area (Å²) in [6.07, 6.45) is 1.09. The molecule has 3 nitrogen and oxygen atoms in total. The van der Waals surface area contributed by atoms with Crippen LogP contribution in [0.1, 0.15) is 20.3 Å². The molecule has 2 rings (SSSR count). The summed E-state index contributed by atoms with van der Waals surface area (Å²) in [6.45, 7) is 8.61. The molecule has 0 saturated carbocycles. The van der Waals surface area contributed by atoms with E-state index in [-0.39, 0.29) is 0 Å². The van der Waals surface area contributed by atoms with Crippen molar-refractivity contribution in [3.63, 3.8) is 0 Å². The lowest BCUT2D eigenvalue weighted by atomic mass is 10.3. The van der Waals surface area contributed by atoms with Gasteiger partial charge in [0.25, 0.3) is 0 Å². The fourth-order valence-corrected chi connectivity index (χ4v) is 2.87. The summed E-state index contributed by atoms with van der Waals surface area (Å²) in [5, 5.41) is 0.728. The molecule has 1 N–H and O–H groups in total. The molecule has 0 fully saturated rings. The van der Waals surface area contributed by atoms with Crippen LogP contribution in [0.25, 0.3) is 11.0 Å². The van der Waals surface area contributed by atoms with Gasteiger partial charge in [-0.2, -0.15) is 0 Å². The molecule has 1 aromatic heterocycles. The van der Waals surface area contributed by atoms with E-state index in [0.717, 1.165) is 53.4 Å². The molecule has 104 valence electrons. The number of H-pyrrole nitrogens is 1. The lowest BCUT2D eigenvalue weighted by Crippen LogP contribution is -2.24. The topological polar surface area (TPSA) is 24.0 Å². The molecule has 0 saturated heterocycles. The highest BCUT2D eigenvalue weighted by molar-refractivity contribution is 7.71. The highest BCUT2D eigenvalue weighted by Gasteiger charge is 2.07. The van der Waals surface area contributed by atoms with Crippen LogP contribution in [0.5, 0.6) is 0 Å². The van der Waals surface area contributed by atoms with Crippen LogP contribution >= 0.6 is 23.8 Å². The number of aromatic amines is 1. The molecular formula is C14H20ClN3S. The van der Waals surface area contributed by atoms with Crippen LogP contribution in [-0.2, 0) is 6.54 Å². The second-order valence-corrected chi connectivity index (χ2v) is 5.39. The largest absolute Gasteiger partial charge is 0.329 e. The van der Waals surface area contributed by atoms with Gasteiger partial charge in [-0.15, -0.1) is 0 Å². The zero-order chi connectivity index (χ0) is 13.8. The second kappa shape index (κ2) is 6.55. The van der Waals surface area contributed by atoms with Crippen LogP contribution < -0.4 is 0 Å². The van der Waals surface area contributed by atoms with Crippen molar-refractivity contribution < 1.29 is 0 Å². The summed E-state index contributed by atoms with van der Waals surface area (Å²) in [5.74, 6) is 0. The van der Waals surface area contributed by atoms with Crippen LogP contribution in [0.2, 0.25) is 5.02 Å². The average molecular weight is 298 g/mol. The van der Waals surface area contributed by atoms with E-state index in [2.05, 4.69) is 34.4 Å². The van der Waals surface area contributed by atoms with Crippen LogP contribution in [0.4, 0.5) is 0 Å². The zero-order valence-electron chi connectivity index (χ0n) is 11.4. The molecule has 0 unspecified atom stereocenters. The van der Waals surface area contributed by atoms with Crippen LogP contribution in [0.15, 0.2) is 18.2 Å². The number of aromatic nitrogens is 2. The maximum atomic E-state index is 6.17. The number of hydrogen-bond acceptors (Lipinski definition) is 2. The number of aryl methyl sites for hydroxylation is 1. The van der Waals surface area contributed by atoms with E-state index in [0.29, 0.717) is 0 Å². The van der Waals surface area contributed by atoms with Gasteiger partial charge in [0, 0.05) is 6.54 Å². The van der Waals surface area contributed by atoms with Gasteiger partial charge in [-0.3, -0.25) is 0 Å². The Bertz CT molecular complexity index is 598. The molecule has 19 heavy (non-hydrogen) atoms. The molecule has 1 heterocycles. The number of fused-ring (bicyclic) bond motifs is 1. The molecule has 0 radical (unpaired) electrons. The van der Waals surface area contributed by atoms with Crippen LogP contribution in [0.3, 0.4) is 0 Å². The van der Waals surface area contributed by atoms with Crippen molar-refractivity contribution in [3.05, 3.63) is 28.0 Å². The first-order valence-electron chi connectivity index (χ1n) is 6.76. The van der Waals surface area contributed by atoms with Gasteiger partial charge < -0.3 is 14.5 Å². The maximum absolute atomic E-state index is 6.17. The number of nitrogens with one attached hydrogen (secondary N) is 1. The Morgan fingerprint density at radius 1 is 1.32 bits per heavy atom. The van der Waals surface area contributed by atoms with Gasteiger partial charge >= 0.3 is 0 Å². The van der Waals surface area contributed by atoms with Gasteiger partial charge in [0.15, 0.2) is 4.77 Å². The number of imidazole rings is 1. The normalized spacial score (nSPS) is 11.6. The van der Waals surface area contributed by atoms with E-state index in [1.54, 1.807) is 0 Å². The number of halogens is 1. The number of hydrogen-bond donors (Lipinski definition) is 1. The molecule has 0 atom stereocenters. The van der Waals surface area contributed by atoms with Gasteiger partial charge in [0.2, 0.25) is 0 Å². The van der Waals surface area contributed by atoms with Gasteiger partial charge in [-0.1, -0.05) is 31.5 Å². The summed E-state index contributed by atoms with van der Waals surface area (Å²) in [5.41, 5.74) is 2.04. The number of para-hydroxylation sites is 1. The van der Waals surface area contributed by atoms with E-state index in [1.807, 2.05) is 12.1 Å². The zero-order valence-corrected chi connectivity index (χ0v) is 13.0. The van der Waals surface area contributed by atoms with Crippen molar-refractivity contribution in [2.75, 3.05) is 19.6 Å². The molecule has 0 amide bonds. The molecule has 2 aromatic rings. The monoisotopic (exact) mass is 297 g/mol. The van der Waals surface area contributed by atoms with Crippen LogP contribution in [0, 0.1) is 4.77 Å². The maximum Gasteiger partial charge on any atom is 0.178 e. The van der Waals surface area contributed by atoms with Crippen LogP contribution in [-0.4, -0.2) is 34.1 Å². The Kier molecular flexibility index (Phi) is 5.02. The van der Waals surface area contributed by atoms with Gasteiger partial charge in [-0.05, 0) is 50.4 Å². The Balaban J connectivity index is 2.15. The summed E-state index contributed by atoms with van der Waals surface area (Å²) in [7, 11) is 0. The first-order valence-corrected chi connectivity index (χ1v) is 7.55. The first-order chi connectivity index (χ1) is 9.17. The third-order valence-corrected chi connectivity index (χ3v) is 4.15. The highest BCUT2D eigenvalue weighted by atomic mass is 35.5. The van der Waals surface area contributed by atoms with Crippen molar-refractivity contribution >= 4 is 34.9 Å². The van der Waals surface area contributed by atoms with Gasteiger partial charge in [0.1, 0.15) is 0 Å². The molecule has 5 heteroatoms. The van der Waals surface area contributed by atoms with Crippen molar-refractivity contribution in [2.45, 2.75) is 26.8 Å². The summed E-state index contributed by atoms with van der Waals surface area (Å²) >= 11 is 11.6. The summed E-state index contributed by atoms with van der Waals surface area (Å²) < 4.78 is 2.89. The lowest BCUT2D eigenvalue weighted by molar-refractivity contribution is 0.293. The third-order valence-electron chi connectivity index (χ3n) is 3.51. The summed E-state index contributed by atoms with van der Waals surface area (Å²) in [6, 6.07) is 5.91. The third kappa shape index (κ3) is 3.19. The molecule has 0 aliphatic rings. The minimum absolute atomic E-state index is 0.728. The van der Waals surface area contributed by atoms with Crippen molar-refractivity contribution in [3.8, 4) is 0 Å². The predicted octanol–water partition coefficient (Wildman–Crippen LogP) is 4.08. The Morgan fingerprint density at radius 2 is 2.05 bits per heavy atom. The quantitative estimate of drug-likeness (QED) is 0.812. The molecule has 0 aliphatic heterocycles. The first kappa shape index (κ1) is 14.6. The van der Waals surface area contributed by atoms with Crippen molar-refractivity contribution in [2.24, 2.45) is 0 Å². The standard InChI is InChI=1S/C14H20ClN3S/c1-3-17(4-2)9-6-10-18-12-8-5-7-11(15)13(12)16-14(18)19/h5,7-8H,3-4,6,9-10H2,1-2H3,(H,16,19). The molecule has 1 aromatic carbocycles.